The minimum Gasteiger partial charge on any atom is -0.467 e. The van der Waals surface area contributed by atoms with Gasteiger partial charge in [-0.25, -0.2) is 8.78 Å². The van der Waals surface area contributed by atoms with Gasteiger partial charge in [0.25, 0.3) is 0 Å². The Balaban J connectivity index is 1.23. The largest absolute Gasteiger partial charge is 0.467 e. The van der Waals surface area contributed by atoms with Crippen molar-refractivity contribution in [3.63, 3.8) is 0 Å². The number of morpholine rings is 1. The number of carbonyl (C=O) groups is 1. The van der Waals surface area contributed by atoms with Crippen molar-refractivity contribution in [3.05, 3.63) is 65.3 Å². The molecule has 2 fully saturated rings. The van der Waals surface area contributed by atoms with Crippen LogP contribution in [0.25, 0.3) is 32.9 Å². The molecule has 2 aromatic carbocycles. The third-order valence-corrected chi connectivity index (χ3v) is 8.40. The highest BCUT2D eigenvalue weighted by Gasteiger charge is 2.26. The zero-order chi connectivity index (χ0) is 31.0. The summed E-state index contributed by atoms with van der Waals surface area (Å²) < 4.78 is 41.7. The van der Waals surface area contributed by atoms with Gasteiger partial charge in [0.05, 0.1) is 29.7 Å². The molecule has 4 aromatic rings. The lowest BCUT2D eigenvalue weighted by Gasteiger charge is -2.35. The number of nitrogens with zero attached hydrogens (tertiary/aromatic N) is 6. The van der Waals surface area contributed by atoms with E-state index in [1.807, 2.05) is 11.0 Å². The molecule has 4 heterocycles. The van der Waals surface area contributed by atoms with Crippen LogP contribution < -0.4 is 9.64 Å². The number of carbonyl (C=O) groups excluding carboxylic acids is 1. The number of pyridine rings is 1. The number of hydrogen-bond donors (Lipinski definition) is 0. The van der Waals surface area contributed by atoms with Crippen molar-refractivity contribution >= 4 is 45.0 Å². The molecule has 44 heavy (non-hydrogen) atoms. The lowest BCUT2D eigenvalue weighted by atomic mass is 10.0. The third-order valence-electron chi connectivity index (χ3n) is 8.03. The SMILES string of the molecule is COc1nc(N2CCN(C(=O)/C=C/CN3CC(C)OC(C)C3)CC2)c2cnc(-c3cccc4ccc(F)c(Cl)c34)c(F)c2n1. The van der Waals surface area contributed by atoms with Crippen molar-refractivity contribution in [2.24, 2.45) is 0 Å². The number of halogens is 3. The Labute approximate surface area is 259 Å². The van der Waals surface area contributed by atoms with Crippen LogP contribution in [0.2, 0.25) is 5.02 Å². The molecule has 2 atom stereocenters. The first-order valence-electron chi connectivity index (χ1n) is 14.6. The highest BCUT2D eigenvalue weighted by Crippen LogP contribution is 2.38. The molecular formula is C32H33ClF2N6O3. The Hall–Kier alpha value is -3.93. The van der Waals surface area contributed by atoms with Gasteiger partial charge in [0.2, 0.25) is 5.91 Å². The molecule has 2 aliphatic rings. The molecule has 1 amide bonds. The molecule has 9 nitrogen and oxygen atoms in total. The summed E-state index contributed by atoms with van der Waals surface area (Å²) >= 11 is 6.32. The van der Waals surface area contributed by atoms with E-state index in [9.17, 15) is 9.18 Å². The van der Waals surface area contributed by atoms with E-state index in [1.165, 1.54) is 19.4 Å². The minimum absolute atomic E-state index is 0.00117. The number of amides is 1. The maximum absolute atomic E-state index is 16.2. The number of aromatic nitrogens is 3. The number of fused-ring (bicyclic) bond motifs is 2. The number of hydrogen-bond acceptors (Lipinski definition) is 8. The van der Waals surface area contributed by atoms with Crippen LogP contribution in [-0.2, 0) is 9.53 Å². The average Bonchev–Trinajstić information content (AvgIpc) is 3.02. The van der Waals surface area contributed by atoms with Gasteiger partial charge in [-0.2, -0.15) is 9.97 Å². The second-order valence-electron chi connectivity index (χ2n) is 11.2. The van der Waals surface area contributed by atoms with E-state index in [4.69, 9.17) is 21.1 Å². The van der Waals surface area contributed by atoms with Gasteiger partial charge < -0.3 is 19.3 Å². The van der Waals surface area contributed by atoms with Crippen LogP contribution in [0, 0.1) is 11.6 Å². The van der Waals surface area contributed by atoms with Crippen LogP contribution in [0.3, 0.4) is 0 Å². The summed E-state index contributed by atoms with van der Waals surface area (Å²) in [7, 11) is 1.42. The normalized spacial score (nSPS) is 19.8. The molecule has 2 unspecified atom stereocenters. The second-order valence-corrected chi connectivity index (χ2v) is 11.6. The molecule has 0 spiro atoms. The second kappa shape index (κ2) is 12.6. The van der Waals surface area contributed by atoms with E-state index < -0.39 is 11.6 Å². The number of anilines is 1. The lowest BCUT2D eigenvalue weighted by molar-refractivity contribution is -0.126. The first-order chi connectivity index (χ1) is 21.2. The van der Waals surface area contributed by atoms with Crippen molar-refractivity contribution < 1.29 is 23.0 Å². The van der Waals surface area contributed by atoms with Gasteiger partial charge in [0.15, 0.2) is 5.82 Å². The summed E-state index contributed by atoms with van der Waals surface area (Å²) in [5.41, 5.74) is 0.364. The van der Waals surface area contributed by atoms with Crippen LogP contribution in [0.1, 0.15) is 13.8 Å². The van der Waals surface area contributed by atoms with Crippen molar-refractivity contribution in [2.75, 3.05) is 57.8 Å². The minimum atomic E-state index is -0.694. The van der Waals surface area contributed by atoms with E-state index in [0.29, 0.717) is 60.3 Å². The van der Waals surface area contributed by atoms with E-state index in [1.54, 1.807) is 35.2 Å². The summed E-state index contributed by atoms with van der Waals surface area (Å²) in [6.07, 6.45) is 5.40. The van der Waals surface area contributed by atoms with Gasteiger partial charge in [-0.05, 0) is 25.3 Å². The highest BCUT2D eigenvalue weighted by atomic mass is 35.5. The third kappa shape index (κ3) is 5.91. The molecule has 230 valence electrons. The van der Waals surface area contributed by atoms with Crippen LogP contribution in [0.4, 0.5) is 14.6 Å². The quantitative estimate of drug-likeness (QED) is 0.275. The molecular weight excluding hydrogens is 590 g/mol. The maximum atomic E-state index is 16.2. The molecule has 0 aliphatic carbocycles. The zero-order valence-corrected chi connectivity index (χ0v) is 25.5. The molecule has 6 rings (SSSR count). The number of piperazine rings is 1. The van der Waals surface area contributed by atoms with E-state index in [0.717, 1.165) is 13.1 Å². The van der Waals surface area contributed by atoms with Gasteiger partial charge in [-0.1, -0.05) is 41.9 Å². The smallest absolute Gasteiger partial charge is 0.318 e. The lowest BCUT2D eigenvalue weighted by Crippen LogP contribution is -2.48. The van der Waals surface area contributed by atoms with Gasteiger partial charge in [0.1, 0.15) is 22.8 Å². The first-order valence-corrected chi connectivity index (χ1v) is 15.0. The zero-order valence-electron chi connectivity index (χ0n) is 24.8. The Morgan fingerprint density at radius 2 is 1.84 bits per heavy atom. The highest BCUT2D eigenvalue weighted by molar-refractivity contribution is 6.36. The van der Waals surface area contributed by atoms with Crippen molar-refractivity contribution in [1.29, 1.82) is 0 Å². The Bertz CT molecular complexity index is 1740. The van der Waals surface area contributed by atoms with Crippen LogP contribution in [0.15, 0.2) is 48.7 Å². The number of rotatable bonds is 6. The summed E-state index contributed by atoms with van der Waals surface area (Å²) in [5.74, 6) is -0.884. The van der Waals surface area contributed by atoms with Gasteiger partial charge in [-0.15, -0.1) is 0 Å². The Morgan fingerprint density at radius 1 is 1.09 bits per heavy atom. The predicted octanol–water partition coefficient (Wildman–Crippen LogP) is 5.10. The van der Waals surface area contributed by atoms with Crippen LogP contribution >= 0.6 is 11.6 Å². The van der Waals surface area contributed by atoms with Gasteiger partial charge in [-0.3, -0.25) is 14.7 Å². The molecule has 2 aliphatic heterocycles. The summed E-state index contributed by atoms with van der Waals surface area (Å²) in [5, 5.41) is 1.32. The van der Waals surface area contributed by atoms with Crippen molar-refractivity contribution in [3.8, 4) is 17.3 Å². The summed E-state index contributed by atoms with van der Waals surface area (Å²) in [4.78, 5) is 32.2. The average molecular weight is 623 g/mol. The number of benzene rings is 2. The molecule has 2 aromatic heterocycles. The maximum Gasteiger partial charge on any atom is 0.318 e. The molecule has 0 radical (unpaired) electrons. The fourth-order valence-electron chi connectivity index (χ4n) is 6.03. The monoisotopic (exact) mass is 622 g/mol. The molecule has 2 saturated heterocycles. The predicted molar refractivity (Wildman–Crippen MR) is 166 cm³/mol. The van der Waals surface area contributed by atoms with Gasteiger partial charge in [0, 0.05) is 69.0 Å². The Morgan fingerprint density at radius 3 is 2.57 bits per heavy atom. The number of ether oxygens (including phenoxy) is 2. The first kappa shape index (κ1) is 30.1. The fraction of sp³-hybridized carbons (Fsp3) is 0.375. The molecule has 0 bridgehead atoms. The van der Waals surface area contributed by atoms with Crippen LogP contribution in [0.5, 0.6) is 6.01 Å². The summed E-state index contributed by atoms with van der Waals surface area (Å²) in [6.45, 7) is 8.38. The van der Waals surface area contributed by atoms with E-state index in [2.05, 4.69) is 33.7 Å². The fourth-order valence-corrected chi connectivity index (χ4v) is 6.30. The molecule has 0 N–H and O–H groups in total. The topological polar surface area (TPSA) is 83.9 Å². The molecule has 0 saturated carbocycles. The standard InChI is InChI=1S/C32H33ClF2N6O3/c1-19-17-39(18-20(2)44-19)11-5-8-25(42)40-12-14-41(15-13-40)31-23-16-36-29(28(35)30(23)37-32(38-31)43-3)22-7-4-6-21-9-10-24(34)27(33)26(21)22/h4-10,16,19-20H,11-15,17-18H2,1-3H3/b8-5+. The van der Waals surface area contributed by atoms with Crippen LogP contribution in [-0.4, -0.2) is 95.8 Å². The van der Waals surface area contributed by atoms with E-state index in [-0.39, 0.29) is 40.4 Å². The number of methoxy groups -OCH3 is 1. The van der Waals surface area contributed by atoms with E-state index >= 15 is 4.39 Å². The van der Waals surface area contributed by atoms with Gasteiger partial charge >= 0.3 is 6.01 Å². The Kier molecular flexibility index (Phi) is 8.61. The molecule has 12 heteroatoms. The summed E-state index contributed by atoms with van der Waals surface area (Å²) in [6, 6.07) is 8.03. The van der Waals surface area contributed by atoms with Crippen molar-refractivity contribution in [2.45, 2.75) is 26.1 Å². The van der Waals surface area contributed by atoms with Crippen molar-refractivity contribution in [1.82, 2.24) is 24.8 Å².